The van der Waals surface area contributed by atoms with Crippen molar-refractivity contribution >= 4 is 27.7 Å². The number of carbonyl (C=O) groups is 1. The zero-order valence-electron chi connectivity index (χ0n) is 19.4. The topological polar surface area (TPSA) is 56.2 Å². The van der Waals surface area contributed by atoms with E-state index < -0.39 is 0 Å². The van der Waals surface area contributed by atoms with Gasteiger partial charge in [-0.05, 0) is 49.1 Å². The number of nitrogens with one attached hydrogen (secondary N) is 1. The van der Waals surface area contributed by atoms with Gasteiger partial charge in [-0.25, -0.2) is 4.98 Å². The summed E-state index contributed by atoms with van der Waals surface area (Å²) >= 11 is 0. The van der Waals surface area contributed by atoms with Gasteiger partial charge in [0.2, 0.25) is 0 Å². The standard InChI is InChI=1S/C29H27N3O2/c1-20-14-15-23(21(2)18-20)29(33)30-19-28-31-25-11-5-6-12-26(25)32(28)16-17-34-27-13-7-9-22-8-3-4-10-24(22)27/h3-15,18H,16-17,19H2,1-2H3,(H,30,33). The third-order valence-electron chi connectivity index (χ3n) is 6.09. The van der Waals surface area contributed by atoms with Gasteiger partial charge < -0.3 is 14.6 Å². The highest BCUT2D eigenvalue weighted by molar-refractivity contribution is 5.95. The molecule has 1 heterocycles. The first-order valence-electron chi connectivity index (χ1n) is 11.5. The van der Waals surface area contributed by atoms with Gasteiger partial charge in [0.25, 0.3) is 5.91 Å². The van der Waals surface area contributed by atoms with Gasteiger partial charge in [-0.2, -0.15) is 0 Å². The van der Waals surface area contributed by atoms with Crippen LogP contribution in [0, 0.1) is 13.8 Å². The highest BCUT2D eigenvalue weighted by Crippen LogP contribution is 2.25. The summed E-state index contributed by atoms with van der Waals surface area (Å²) in [6, 6.07) is 28.2. The van der Waals surface area contributed by atoms with E-state index in [-0.39, 0.29) is 5.91 Å². The molecular formula is C29H27N3O2. The van der Waals surface area contributed by atoms with Gasteiger partial charge in [-0.1, -0.05) is 66.2 Å². The lowest BCUT2D eigenvalue weighted by Gasteiger charge is -2.13. The SMILES string of the molecule is Cc1ccc(C(=O)NCc2nc3ccccc3n2CCOc2cccc3ccccc23)c(C)c1. The number of imidazole rings is 1. The van der Waals surface area contributed by atoms with Crippen molar-refractivity contribution in [1.29, 1.82) is 0 Å². The molecule has 5 heteroatoms. The monoisotopic (exact) mass is 449 g/mol. The van der Waals surface area contributed by atoms with Gasteiger partial charge in [-0.15, -0.1) is 0 Å². The van der Waals surface area contributed by atoms with Crippen LogP contribution in [0.1, 0.15) is 27.3 Å². The molecular weight excluding hydrogens is 422 g/mol. The molecule has 0 fully saturated rings. The fourth-order valence-electron chi connectivity index (χ4n) is 4.40. The van der Waals surface area contributed by atoms with E-state index in [1.54, 1.807) is 0 Å². The molecule has 0 saturated carbocycles. The van der Waals surface area contributed by atoms with Crippen molar-refractivity contribution in [2.24, 2.45) is 0 Å². The maximum absolute atomic E-state index is 12.8. The second-order valence-corrected chi connectivity index (χ2v) is 8.50. The first-order chi connectivity index (χ1) is 16.6. The maximum Gasteiger partial charge on any atom is 0.251 e. The molecule has 0 unspecified atom stereocenters. The van der Waals surface area contributed by atoms with Crippen LogP contribution >= 0.6 is 0 Å². The highest BCUT2D eigenvalue weighted by Gasteiger charge is 2.14. The predicted molar refractivity (Wildman–Crippen MR) is 136 cm³/mol. The Balaban J connectivity index is 1.34. The summed E-state index contributed by atoms with van der Waals surface area (Å²) in [6.45, 7) is 5.44. The highest BCUT2D eigenvalue weighted by atomic mass is 16.5. The molecule has 5 nitrogen and oxygen atoms in total. The van der Waals surface area contributed by atoms with Crippen LogP contribution in [0.2, 0.25) is 0 Å². The van der Waals surface area contributed by atoms with Crippen LogP contribution in [-0.4, -0.2) is 22.1 Å². The average Bonchev–Trinajstić information content (AvgIpc) is 3.20. The van der Waals surface area contributed by atoms with E-state index in [0.717, 1.165) is 44.5 Å². The molecule has 0 atom stereocenters. The van der Waals surface area contributed by atoms with E-state index in [4.69, 9.17) is 9.72 Å². The van der Waals surface area contributed by atoms with Crippen molar-refractivity contribution in [2.45, 2.75) is 26.9 Å². The van der Waals surface area contributed by atoms with Crippen LogP contribution < -0.4 is 10.1 Å². The number of carbonyl (C=O) groups excluding carboxylic acids is 1. The molecule has 5 rings (SSSR count). The van der Waals surface area contributed by atoms with Crippen LogP contribution in [0.4, 0.5) is 0 Å². The van der Waals surface area contributed by atoms with Gasteiger partial charge in [0.05, 0.1) is 24.1 Å². The molecule has 1 aromatic heterocycles. The number of rotatable bonds is 7. The summed E-state index contributed by atoms with van der Waals surface area (Å²) < 4.78 is 8.31. The third kappa shape index (κ3) is 4.37. The number of para-hydroxylation sites is 2. The van der Waals surface area contributed by atoms with Crippen LogP contribution in [-0.2, 0) is 13.1 Å². The van der Waals surface area contributed by atoms with Crippen LogP contribution in [0.15, 0.2) is 84.9 Å². The summed E-state index contributed by atoms with van der Waals surface area (Å²) in [4.78, 5) is 17.6. The fraction of sp³-hybridized carbons (Fsp3) is 0.172. The Morgan fingerprint density at radius 3 is 2.62 bits per heavy atom. The Morgan fingerprint density at radius 1 is 0.941 bits per heavy atom. The van der Waals surface area contributed by atoms with E-state index in [9.17, 15) is 4.79 Å². The number of nitrogens with zero attached hydrogens (tertiary/aromatic N) is 2. The van der Waals surface area contributed by atoms with E-state index >= 15 is 0 Å². The average molecular weight is 450 g/mol. The van der Waals surface area contributed by atoms with Crippen molar-refractivity contribution in [3.05, 3.63) is 107 Å². The molecule has 0 aliphatic rings. The quantitative estimate of drug-likeness (QED) is 0.341. The van der Waals surface area contributed by atoms with Crippen molar-refractivity contribution < 1.29 is 9.53 Å². The van der Waals surface area contributed by atoms with E-state index in [0.29, 0.717) is 25.3 Å². The number of aryl methyl sites for hydroxylation is 2. The van der Waals surface area contributed by atoms with E-state index in [2.05, 4.69) is 34.1 Å². The molecule has 0 radical (unpaired) electrons. The lowest BCUT2D eigenvalue weighted by Crippen LogP contribution is -2.26. The van der Waals surface area contributed by atoms with Crippen LogP contribution in [0.25, 0.3) is 21.8 Å². The normalized spacial score (nSPS) is 11.1. The minimum atomic E-state index is -0.0943. The number of amides is 1. The number of benzene rings is 4. The molecule has 0 bridgehead atoms. The fourth-order valence-corrected chi connectivity index (χ4v) is 4.40. The number of hydrogen-bond donors (Lipinski definition) is 1. The molecule has 4 aromatic carbocycles. The van der Waals surface area contributed by atoms with E-state index in [1.807, 2.05) is 74.5 Å². The largest absolute Gasteiger partial charge is 0.491 e. The minimum Gasteiger partial charge on any atom is -0.491 e. The second kappa shape index (κ2) is 9.40. The van der Waals surface area contributed by atoms with Crippen molar-refractivity contribution in [3.8, 4) is 5.75 Å². The number of aromatic nitrogens is 2. The van der Waals surface area contributed by atoms with Crippen molar-refractivity contribution in [3.63, 3.8) is 0 Å². The Labute approximate surface area is 199 Å². The lowest BCUT2D eigenvalue weighted by atomic mass is 10.1. The van der Waals surface area contributed by atoms with Gasteiger partial charge in [0.1, 0.15) is 18.2 Å². The molecule has 0 aliphatic heterocycles. The third-order valence-corrected chi connectivity index (χ3v) is 6.09. The molecule has 0 saturated heterocycles. The van der Waals surface area contributed by atoms with Gasteiger partial charge in [-0.3, -0.25) is 4.79 Å². The smallest absolute Gasteiger partial charge is 0.251 e. The van der Waals surface area contributed by atoms with Gasteiger partial charge in [0.15, 0.2) is 0 Å². The van der Waals surface area contributed by atoms with Crippen molar-refractivity contribution in [2.75, 3.05) is 6.61 Å². The van der Waals surface area contributed by atoms with Gasteiger partial charge in [0, 0.05) is 10.9 Å². The van der Waals surface area contributed by atoms with Gasteiger partial charge >= 0.3 is 0 Å². The minimum absolute atomic E-state index is 0.0943. The summed E-state index contributed by atoms with van der Waals surface area (Å²) in [6.07, 6.45) is 0. The first kappa shape index (κ1) is 21.7. The molecule has 1 amide bonds. The number of hydrogen-bond acceptors (Lipinski definition) is 3. The summed E-state index contributed by atoms with van der Waals surface area (Å²) in [5, 5.41) is 5.30. The summed E-state index contributed by atoms with van der Waals surface area (Å²) in [5.41, 5.74) is 4.73. The number of fused-ring (bicyclic) bond motifs is 2. The predicted octanol–water partition coefficient (Wildman–Crippen LogP) is 5.82. The zero-order valence-corrected chi connectivity index (χ0v) is 19.4. The molecule has 170 valence electrons. The Morgan fingerprint density at radius 2 is 1.74 bits per heavy atom. The van der Waals surface area contributed by atoms with Crippen LogP contribution in [0.3, 0.4) is 0 Å². The Kier molecular flexibility index (Phi) is 6.00. The summed E-state index contributed by atoms with van der Waals surface area (Å²) in [7, 11) is 0. The van der Waals surface area contributed by atoms with Crippen LogP contribution in [0.5, 0.6) is 5.75 Å². The maximum atomic E-state index is 12.8. The Bertz CT molecular complexity index is 1480. The molecule has 0 aliphatic carbocycles. The second-order valence-electron chi connectivity index (χ2n) is 8.50. The number of ether oxygens (including phenoxy) is 1. The Hall–Kier alpha value is -4.12. The molecule has 1 N–H and O–H groups in total. The summed E-state index contributed by atoms with van der Waals surface area (Å²) in [5.74, 6) is 1.58. The van der Waals surface area contributed by atoms with E-state index in [1.165, 1.54) is 0 Å². The van der Waals surface area contributed by atoms with Crippen molar-refractivity contribution in [1.82, 2.24) is 14.9 Å². The zero-order chi connectivity index (χ0) is 23.5. The lowest BCUT2D eigenvalue weighted by molar-refractivity contribution is 0.0949. The first-order valence-corrected chi connectivity index (χ1v) is 11.5. The molecule has 5 aromatic rings. The molecule has 34 heavy (non-hydrogen) atoms. The molecule has 0 spiro atoms.